The largest absolute Gasteiger partial charge is 0.467 e. The number of halogens is 1. The first kappa shape index (κ1) is 12.4. The molecule has 0 fully saturated rings. The van der Waals surface area contributed by atoms with E-state index in [0.29, 0.717) is 12.6 Å². The summed E-state index contributed by atoms with van der Waals surface area (Å²) in [6.07, 6.45) is 5.49. The van der Waals surface area contributed by atoms with Crippen LogP contribution in [0.5, 0.6) is 0 Å². The molecule has 0 amide bonds. The number of aromatic nitrogens is 2. The van der Waals surface area contributed by atoms with E-state index >= 15 is 0 Å². The summed E-state index contributed by atoms with van der Waals surface area (Å²) in [5.41, 5.74) is 1.17. The van der Waals surface area contributed by atoms with E-state index in [9.17, 15) is 0 Å². The van der Waals surface area contributed by atoms with Crippen molar-refractivity contribution in [2.45, 2.75) is 33.0 Å². The minimum atomic E-state index is 0.482. The normalized spacial score (nSPS) is 11.3. The summed E-state index contributed by atoms with van der Waals surface area (Å²) in [7, 11) is 0. The lowest BCUT2D eigenvalue weighted by atomic mass is 10.3. The molecule has 0 bridgehead atoms. The van der Waals surface area contributed by atoms with Gasteiger partial charge in [-0.3, -0.25) is 4.68 Å². The molecule has 0 unspecified atom stereocenters. The van der Waals surface area contributed by atoms with E-state index in [2.05, 4.69) is 46.3 Å². The summed E-state index contributed by atoms with van der Waals surface area (Å²) in [6.45, 7) is 5.75. The Kier molecular flexibility index (Phi) is 4.02. The zero-order chi connectivity index (χ0) is 12.3. The van der Waals surface area contributed by atoms with Gasteiger partial charge >= 0.3 is 0 Å². The number of hydrogen-bond donors (Lipinski definition) is 1. The van der Waals surface area contributed by atoms with Gasteiger partial charge in [-0.2, -0.15) is 5.10 Å². The molecule has 92 valence electrons. The molecule has 2 aromatic heterocycles. The van der Waals surface area contributed by atoms with Crippen molar-refractivity contribution in [3.05, 3.63) is 40.5 Å². The first-order chi connectivity index (χ1) is 8.13. The summed E-state index contributed by atoms with van der Waals surface area (Å²) in [5, 5.41) is 7.54. The van der Waals surface area contributed by atoms with E-state index in [1.54, 1.807) is 12.5 Å². The fourth-order valence-electron chi connectivity index (χ4n) is 1.51. The van der Waals surface area contributed by atoms with Crippen LogP contribution in [0.2, 0.25) is 0 Å². The van der Waals surface area contributed by atoms with Crippen LogP contribution in [0.3, 0.4) is 0 Å². The maximum Gasteiger partial charge on any atom is 0.125 e. The minimum absolute atomic E-state index is 0.482. The maximum atomic E-state index is 5.49. The van der Waals surface area contributed by atoms with Gasteiger partial charge in [-0.15, -0.1) is 0 Å². The van der Waals surface area contributed by atoms with Crippen LogP contribution in [-0.4, -0.2) is 15.8 Å². The zero-order valence-corrected chi connectivity index (χ0v) is 11.6. The van der Waals surface area contributed by atoms with Crippen molar-refractivity contribution < 1.29 is 4.42 Å². The summed E-state index contributed by atoms with van der Waals surface area (Å²) < 4.78 is 8.31. The molecule has 0 aliphatic carbocycles. The van der Waals surface area contributed by atoms with Gasteiger partial charge in [-0.25, -0.2) is 0 Å². The van der Waals surface area contributed by atoms with Crippen LogP contribution in [-0.2, 0) is 13.1 Å². The average Bonchev–Trinajstić information content (AvgIpc) is 2.86. The Hall–Kier alpha value is -1.07. The van der Waals surface area contributed by atoms with Crippen molar-refractivity contribution in [3.63, 3.8) is 0 Å². The molecule has 5 heteroatoms. The first-order valence-electron chi connectivity index (χ1n) is 5.61. The number of rotatable bonds is 5. The minimum Gasteiger partial charge on any atom is -0.467 e. The standard InChI is InChI=1S/C12H16BrN3O/c1-9(2)14-4-10-3-12(17-8-10)7-16-6-11(13)5-15-16/h3,5-6,8-9,14H,4,7H2,1-2H3. The second kappa shape index (κ2) is 5.51. The van der Waals surface area contributed by atoms with E-state index in [0.717, 1.165) is 16.8 Å². The molecular formula is C12H16BrN3O. The molecule has 2 heterocycles. The van der Waals surface area contributed by atoms with Gasteiger partial charge in [0.15, 0.2) is 0 Å². The summed E-state index contributed by atoms with van der Waals surface area (Å²) in [4.78, 5) is 0. The monoisotopic (exact) mass is 297 g/mol. The Morgan fingerprint density at radius 1 is 1.53 bits per heavy atom. The van der Waals surface area contributed by atoms with E-state index in [4.69, 9.17) is 4.42 Å². The maximum absolute atomic E-state index is 5.49. The lowest BCUT2D eigenvalue weighted by molar-refractivity contribution is 0.477. The smallest absolute Gasteiger partial charge is 0.125 e. The molecule has 0 aliphatic rings. The van der Waals surface area contributed by atoms with Gasteiger partial charge in [-0.05, 0) is 22.0 Å². The fourth-order valence-corrected chi connectivity index (χ4v) is 1.84. The van der Waals surface area contributed by atoms with Gasteiger partial charge in [-0.1, -0.05) is 13.8 Å². The van der Waals surface area contributed by atoms with Gasteiger partial charge in [0.25, 0.3) is 0 Å². The van der Waals surface area contributed by atoms with Crippen molar-refractivity contribution in [2.75, 3.05) is 0 Å². The molecule has 1 N–H and O–H groups in total. The molecule has 0 saturated carbocycles. The highest BCUT2D eigenvalue weighted by Crippen LogP contribution is 2.12. The lowest BCUT2D eigenvalue weighted by Crippen LogP contribution is -2.21. The zero-order valence-electron chi connectivity index (χ0n) is 9.98. The highest BCUT2D eigenvalue weighted by atomic mass is 79.9. The van der Waals surface area contributed by atoms with Gasteiger partial charge in [0.1, 0.15) is 5.76 Å². The molecule has 0 atom stereocenters. The Morgan fingerprint density at radius 2 is 2.35 bits per heavy atom. The van der Waals surface area contributed by atoms with Crippen LogP contribution in [0.4, 0.5) is 0 Å². The van der Waals surface area contributed by atoms with Crippen molar-refractivity contribution in [2.24, 2.45) is 0 Å². The van der Waals surface area contributed by atoms with Crippen molar-refractivity contribution in [1.29, 1.82) is 0 Å². The topological polar surface area (TPSA) is 43.0 Å². The van der Waals surface area contributed by atoms with E-state index < -0.39 is 0 Å². The number of furan rings is 1. The van der Waals surface area contributed by atoms with Crippen LogP contribution in [0.25, 0.3) is 0 Å². The van der Waals surface area contributed by atoms with Crippen LogP contribution >= 0.6 is 15.9 Å². The molecule has 17 heavy (non-hydrogen) atoms. The average molecular weight is 298 g/mol. The first-order valence-corrected chi connectivity index (χ1v) is 6.40. The van der Waals surface area contributed by atoms with Crippen molar-refractivity contribution in [3.8, 4) is 0 Å². The number of nitrogens with one attached hydrogen (secondary N) is 1. The summed E-state index contributed by atoms with van der Waals surface area (Å²) in [5.74, 6) is 0.918. The summed E-state index contributed by atoms with van der Waals surface area (Å²) in [6, 6.07) is 2.54. The molecule has 2 rings (SSSR count). The van der Waals surface area contributed by atoms with Crippen LogP contribution in [0.15, 0.2) is 33.6 Å². The fraction of sp³-hybridized carbons (Fsp3) is 0.417. The quantitative estimate of drug-likeness (QED) is 0.923. The number of nitrogens with zero attached hydrogens (tertiary/aromatic N) is 2. The van der Waals surface area contributed by atoms with E-state index in [-0.39, 0.29) is 0 Å². The Labute approximate surface area is 109 Å². The molecular weight excluding hydrogens is 282 g/mol. The van der Waals surface area contributed by atoms with E-state index in [1.807, 2.05) is 10.9 Å². The molecule has 0 aromatic carbocycles. The molecule has 0 spiro atoms. The van der Waals surface area contributed by atoms with Gasteiger partial charge in [0.05, 0.1) is 23.5 Å². The van der Waals surface area contributed by atoms with Crippen molar-refractivity contribution >= 4 is 15.9 Å². The van der Waals surface area contributed by atoms with Crippen molar-refractivity contribution in [1.82, 2.24) is 15.1 Å². The molecule has 0 radical (unpaired) electrons. The Balaban J connectivity index is 1.94. The van der Waals surface area contributed by atoms with Gasteiger partial charge in [0, 0.05) is 24.3 Å². The van der Waals surface area contributed by atoms with E-state index in [1.165, 1.54) is 5.56 Å². The Morgan fingerprint density at radius 3 is 3.00 bits per heavy atom. The Bertz CT molecular complexity index is 476. The highest BCUT2D eigenvalue weighted by Gasteiger charge is 2.04. The number of hydrogen-bond acceptors (Lipinski definition) is 3. The third kappa shape index (κ3) is 3.71. The predicted molar refractivity (Wildman–Crippen MR) is 69.7 cm³/mol. The molecule has 2 aromatic rings. The second-order valence-electron chi connectivity index (χ2n) is 4.31. The van der Waals surface area contributed by atoms with Crippen LogP contribution < -0.4 is 5.32 Å². The summed E-state index contributed by atoms with van der Waals surface area (Å²) >= 11 is 3.37. The van der Waals surface area contributed by atoms with Gasteiger partial charge < -0.3 is 9.73 Å². The predicted octanol–water partition coefficient (Wildman–Crippen LogP) is 2.78. The lowest BCUT2D eigenvalue weighted by Gasteiger charge is -2.04. The van der Waals surface area contributed by atoms with Gasteiger partial charge in [0.2, 0.25) is 0 Å². The second-order valence-corrected chi connectivity index (χ2v) is 5.23. The molecule has 4 nitrogen and oxygen atoms in total. The highest BCUT2D eigenvalue weighted by molar-refractivity contribution is 9.10. The van der Waals surface area contributed by atoms with Crippen LogP contribution in [0.1, 0.15) is 25.2 Å². The SMILES string of the molecule is CC(C)NCc1coc(Cn2cc(Br)cn2)c1. The third-order valence-corrected chi connectivity index (χ3v) is 2.75. The third-order valence-electron chi connectivity index (χ3n) is 2.34. The van der Waals surface area contributed by atoms with Crippen LogP contribution in [0, 0.1) is 0 Å². The molecule has 0 saturated heterocycles. The molecule has 0 aliphatic heterocycles.